The fourth-order valence-corrected chi connectivity index (χ4v) is 2.95. The van der Waals surface area contributed by atoms with E-state index < -0.39 is 0 Å². The molecule has 1 N–H and O–H groups in total. The van der Waals surface area contributed by atoms with Crippen LogP contribution in [0.15, 0.2) is 35.7 Å². The molecule has 3 heteroatoms. The molecule has 1 aromatic heterocycles. The summed E-state index contributed by atoms with van der Waals surface area (Å²) in [7, 11) is 0. The van der Waals surface area contributed by atoms with Crippen LogP contribution in [0.25, 0.3) is 11.3 Å². The lowest BCUT2D eigenvalue weighted by Gasteiger charge is -2.11. The van der Waals surface area contributed by atoms with Gasteiger partial charge in [0.2, 0.25) is 0 Å². The summed E-state index contributed by atoms with van der Waals surface area (Å²) in [5, 5.41) is 6.89. The Morgan fingerprint density at radius 1 is 1.20 bits per heavy atom. The summed E-state index contributed by atoms with van der Waals surface area (Å²) < 4.78 is 0. The maximum absolute atomic E-state index is 4.70. The molecule has 0 fully saturated rings. The average molecular weight is 288 g/mol. The van der Waals surface area contributed by atoms with Crippen LogP contribution in [-0.2, 0) is 6.54 Å². The van der Waals surface area contributed by atoms with Crippen LogP contribution >= 0.6 is 11.3 Å². The summed E-state index contributed by atoms with van der Waals surface area (Å²) in [5.41, 5.74) is 2.29. The Kier molecular flexibility index (Phi) is 6.22. The van der Waals surface area contributed by atoms with Gasteiger partial charge in [0.15, 0.2) is 0 Å². The number of benzene rings is 1. The Bertz CT molecular complexity index is 493. The van der Waals surface area contributed by atoms with Crippen LogP contribution in [0.2, 0.25) is 0 Å². The minimum Gasteiger partial charge on any atom is -0.308 e. The highest BCUT2D eigenvalue weighted by Gasteiger charge is 2.06. The van der Waals surface area contributed by atoms with Crippen molar-refractivity contribution in [2.75, 3.05) is 0 Å². The fraction of sp³-hybridized carbons (Fsp3) is 0.471. The number of unbranched alkanes of at least 4 members (excludes halogenated alkanes) is 2. The van der Waals surface area contributed by atoms with Crippen molar-refractivity contribution in [3.05, 3.63) is 40.7 Å². The maximum Gasteiger partial charge on any atom is 0.107 e. The van der Waals surface area contributed by atoms with Crippen molar-refractivity contribution >= 4 is 11.3 Å². The molecule has 0 aliphatic heterocycles. The van der Waals surface area contributed by atoms with E-state index in [9.17, 15) is 0 Å². The molecule has 0 saturated heterocycles. The molecule has 0 bridgehead atoms. The van der Waals surface area contributed by atoms with Crippen molar-refractivity contribution in [1.29, 1.82) is 0 Å². The molecule has 0 spiro atoms. The molecule has 20 heavy (non-hydrogen) atoms. The van der Waals surface area contributed by atoms with Gasteiger partial charge >= 0.3 is 0 Å². The normalized spacial score (nSPS) is 12.5. The lowest BCUT2D eigenvalue weighted by molar-refractivity contribution is 0.487. The smallest absolute Gasteiger partial charge is 0.107 e. The first-order valence-corrected chi connectivity index (χ1v) is 8.40. The Morgan fingerprint density at radius 3 is 2.75 bits per heavy atom. The van der Waals surface area contributed by atoms with Crippen LogP contribution in [0.3, 0.4) is 0 Å². The molecule has 1 aromatic carbocycles. The van der Waals surface area contributed by atoms with Crippen LogP contribution < -0.4 is 5.32 Å². The Morgan fingerprint density at radius 2 is 2.00 bits per heavy atom. The van der Waals surface area contributed by atoms with Gasteiger partial charge in [-0.3, -0.25) is 0 Å². The van der Waals surface area contributed by atoms with Crippen molar-refractivity contribution < 1.29 is 0 Å². The van der Waals surface area contributed by atoms with Gasteiger partial charge < -0.3 is 5.32 Å². The molecule has 1 heterocycles. The second kappa shape index (κ2) is 8.18. The van der Waals surface area contributed by atoms with Crippen molar-refractivity contribution in [1.82, 2.24) is 10.3 Å². The number of nitrogens with one attached hydrogen (secondary N) is 1. The Labute approximate surface area is 126 Å². The second-order valence-electron chi connectivity index (χ2n) is 5.27. The lowest BCUT2D eigenvalue weighted by Crippen LogP contribution is -2.25. The van der Waals surface area contributed by atoms with Gasteiger partial charge in [0.05, 0.1) is 5.69 Å². The zero-order valence-electron chi connectivity index (χ0n) is 12.4. The van der Waals surface area contributed by atoms with Gasteiger partial charge in [0.1, 0.15) is 5.01 Å². The van der Waals surface area contributed by atoms with E-state index in [1.165, 1.54) is 36.3 Å². The molecule has 2 nitrogen and oxygen atoms in total. The predicted molar refractivity (Wildman–Crippen MR) is 88.0 cm³/mol. The molecule has 0 aliphatic rings. The summed E-state index contributed by atoms with van der Waals surface area (Å²) in [6.45, 7) is 5.39. The zero-order valence-corrected chi connectivity index (χ0v) is 13.2. The zero-order chi connectivity index (χ0) is 14.2. The van der Waals surface area contributed by atoms with Gasteiger partial charge in [-0.15, -0.1) is 11.3 Å². The van der Waals surface area contributed by atoms with Gasteiger partial charge in [-0.25, -0.2) is 4.98 Å². The molecular formula is C17H24N2S. The van der Waals surface area contributed by atoms with Crippen molar-refractivity contribution in [3.63, 3.8) is 0 Å². The Hall–Kier alpha value is -1.19. The van der Waals surface area contributed by atoms with Gasteiger partial charge in [-0.1, -0.05) is 56.5 Å². The van der Waals surface area contributed by atoms with E-state index in [0.29, 0.717) is 6.04 Å². The van der Waals surface area contributed by atoms with Crippen LogP contribution in [0, 0.1) is 0 Å². The van der Waals surface area contributed by atoms with E-state index in [0.717, 1.165) is 12.2 Å². The number of nitrogens with zero attached hydrogens (tertiary/aromatic N) is 1. The molecule has 1 unspecified atom stereocenters. The SMILES string of the molecule is CCCCCC(C)NCc1nc(-c2ccccc2)cs1. The van der Waals surface area contributed by atoms with E-state index in [1.807, 2.05) is 6.07 Å². The van der Waals surface area contributed by atoms with Crippen LogP contribution in [0.4, 0.5) is 0 Å². The van der Waals surface area contributed by atoms with Gasteiger partial charge in [0.25, 0.3) is 0 Å². The number of hydrogen-bond donors (Lipinski definition) is 1. The maximum atomic E-state index is 4.70. The molecule has 0 amide bonds. The van der Waals surface area contributed by atoms with Gasteiger partial charge in [-0.05, 0) is 13.3 Å². The minimum atomic E-state index is 0.575. The molecule has 0 saturated carbocycles. The van der Waals surface area contributed by atoms with Gasteiger partial charge in [-0.2, -0.15) is 0 Å². The topological polar surface area (TPSA) is 24.9 Å². The Balaban J connectivity index is 1.81. The summed E-state index contributed by atoms with van der Waals surface area (Å²) in [6, 6.07) is 11.0. The summed E-state index contributed by atoms with van der Waals surface area (Å²) in [6.07, 6.45) is 5.20. The molecule has 0 radical (unpaired) electrons. The summed E-state index contributed by atoms with van der Waals surface area (Å²) in [4.78, 5) is 4.70. The summed E-state index contributed by atoms with van der Waals surface area (Å²) >= 11 is 1.74. The van der Waals surface area contributed by atoms with Crippen LogP contribution in [0.5, 0.6) is 0 Å². The number of aromatic nitrogens is 1. The minimum absolute atomic E-state index is 0.575. The lowest BCUT2D eigenvalue weighted by atomic mass is 10.1. The molecular weight excluding hydrogens is 264 g/mol. The fourth-order valence-electron chi connectivity index (χ4n) is 2.20. The van der Waals surface area contributed by atoms with Crippen LogP contribution in [-0.4, -0.2) is 11.0 Å². The average Bonchev–Trinajstić information content (AvgIpc) is 2.95. The molecule has 2 aromatic rings. The standard InChI is InChI=1S/C17H24N2S/c1-3-4-6-9-14(2)18-12-17-19-16(13-20-17)15-10-7-5-8-11-15/h5,7-8,10-11,13-14,18H,3-4,6,9,12H2,1-2H3. The highest BCUT2D eigenvalue weighted by atomic mass is 32.1. The van der Waals surface area contributed by atoms with Crippen LogP contribution in [0.1, 0.15) is 44.5 Å². The molecule has 1 atom stereocenters. The first-order valence-electron chi connectivity index (χ1n) is 7.52. The molecule has 0 aliphatic carbocycles. The number of thiazole rings is 1. The summed E-state index contributed by atoms with van der Waals surface area (Å²) in [5.74, 6) is 0. The van der Waals surface area contributed by atoms with E-state index in [4.69, 9.17) is 4.98 Å². The largest absolute Gasteiger partial charge is 0.308 e. The van der Waals surface area contributed by atoms with Crippen molar-refractivity contribution in [2.45, 2.75) is 52.1 Å². The van der Waals surface area contributed by atoms with E-state index in [1.54, 1.807) is 11.3 Å². The van der Waals surface area contributed by atoms with E-state index in [2.05, 4.69) is 48.8 Å². The predicted octanol–water partition coefficient (Wildman–Crippen LogP) is 4.87. The third-order valence-electron chi connectivity index (χ3n) is 3.46. The molecule has 2 rings (SSSR count). The number of hydrogen-bond acceptors (Lipinski definition) is 3. The third kappa shape index (κ3) is 4.73. The number of rotatable bonds is 8. The van der Waals surface area contributed by atoms with Crippen molar-refractivity contribution in [2.24, 2.45) is 0 Å². The van der Waals surface area contributed by atoms with E-state index >= 15 is 0 Å². The monoisotopic (exact) mass is 288 g/mol. The van der Waals surface area contributed by atoms with E-state index in [-0.39, 0.29) is 0 Å². The van der Waals surface area contributed by atoms with Gasteiger partial charge in [0, 0.05) is 23.5 Å². The third-order valence-corrected chi connectivity index (χ3v) is 4.31. The highest BCUT2D eigenvalue weighted by Crippen LogP contribution is 2.21. The van der Waals surface area contributed by atoms with Crippen molar-refractivity contribution in [3.8, 4) is 11.3 Å². The first kappa shape index (κ1) is 15.2. The highest BCUT2D eigenvalue weighted by molar-refractivity contribution is 7.09. The second-order valence-corrected chi connectivity index (χ2v) is 6.21. The quantitative estimate of drug-likeness (QED) is 0.701. The first-order chi connectivity index (χ1) is 9.79. The molecule has 108 valence electrons.